The lowest BCUT2D eigenvalue weighted by Gasteiger charge is -2.40. The molecule has 1 aliphatic rings. The van der Waals surface area contributed by atoms with E-state index in [2.05, 4.69) is 62.5 Å². The van der Waals surface area contributed by atoms with E-state index in [0.717, 1.165) is 17.8 Å². The van der Waals surface area contributed by atoms with Gasteiger partial charge in [-0.05, 0) is 62.1 Å². The lowest BCUT2D eigenvalue weighted by molar-refractivity contribution is -0.118. The number of amides is 1. The SMILES string of the molecule is CCC(=O)N1c2ccccc2C(Nc2cc(C)cc(C)c2)CC1C. The summed E-state index contributed by atoms with van der Waals surface area (Å²) < 4.78 is 0. The van der Waals surface area contributed by atoms with Crippen LogP contribution in [0.25, 0.3) is 0 Å². The fraction of sp³-hybridized carbons (Fsp3) is 0.381. The van der Waals surface area contributed by atoms with E-state index in [1.807, 2.05) is 17.9 Å². The van der Waals surface area contributed by atoms with Crippen LogP contribution in [0.3, 0.4) is 0 Å². The van der Waals surface area contributed by atoms with Gasteiger partial charge in [-0.15, -0.1) is 0 Å². The molecule has 0 aliphatic carbocycles. The number of hydrogen-bond acceptors (Lipinski definition) is 2. The third kappa shape index (κ3) is 3.16. The largest absolute Gasteiger partial charge is 0.378 e. The third-order valence-corrected chi connectivity index (χ3v) is 4.72. The van der Waals surface area contributed by atoms with Crippen LogP contribution in [-0.2, 0) is 4.79 Å². The van der Waals surface area contributed by atoms with E-state index in [1.165, 1.54) is 16.7 Å². The molecule has 1 N–H and O–H groups in total. The molecule has 3 nitrogen and oxygen atoms in total. The van der Waals surface area contributed by atoms with Gasteiger partial charge in [0.05, 0.1) is 6.04 Å². The molecule has 2 unspecified atom stereocenters. The van der Waals surface area contributed by atoms with Gasteiger partial charge >= 0.3 is 0 Å². The predicted octanol–water partition coefficient (Wildman–Crippen LogP) is 4.99. The van der Waals surface area contributed by atoms with E-state index in [9.17, 15) is 4.79 Å². The van der Waals surface area contributed by atoms with Crippen LogP contribution in [0.4, 0.5) is 11.4 Å². The summed E-state index contributed by atoms with van der Waals surface area (Å²) in [5.74, 6) is 0.194. The minimum Gasteiger partial charge on any atom is -0.378 e. The highest BCUT2D eigenvalue weighted by molar-refractivity contribution is 5.95. The number of fused-ring (bicyclic) bond motifs is 1. The lowest BCUT2D eigenvalue weighted by Crippen LogP contribution is -2.44. The Balaban J connectivity index is 1.96. The molecule has 2 atom stereocenters. The maximum atomic E-state index is 12.4. The average Bonchev–Trinajstić information content (AvgIpc) is 2.53. The van der Waals surface area contributed by atoms with E-state index in [1.54, 1.807) is 0 Å². The van der Waals surface area contributed by atoms with E-state index >= 15 is 0 Å². The Morgan fingerprint density at radius 2 is 1.83 bits per heavy atom. The van der Waals surface area contributed by atoms with Crippen molar-refractivity contribution in [3.63, 3.8) is 0 Å². The maximum absolute atomic E-state index is 12.4. The molecule has 0 fully saturated rings. The fourth-order valence-corrected chi connectivity index (χ4v) is 3.76. The van der Waals surface area contributed by atoms with Crippen molar-refractivity contribution in [2.45, 2.75) is 52.6 Å². The van der Waals surface area contributed by atoms with Crippen molar-refractivity contribution in [1.82, 2.24) is 0 Å². The molecule has 1 amide bonds. The molecule has 1 aliphatic heterocycles. The molecular formula is C21H26N2O. The number of nitrogens with zero attached hydrogens (tertiary/aromatic N) is 1. The Labute approximate surface area is 144 Å². The highest BCUT2D eigenvalue weighted by atomic mass is 16.2. The maximum Gasteiger partial charge on any atom is 0.226 e. The first-order chi connectivity index (χ1) is 11.5. The summed E-state index contributed by atoms with van der Waals surface area (Å²) in [7, 11) is 0. The monoisotopic (exact) mass is 322 g/mol. The minimum absolute atomic E-state index is 0.191. The molecule has 2 aromatic rings. The van der Waals surface area contributed by atoms with Gasteiger partial charge in [0.1, 0.15) is 0 Å². The Hall–Kier alpha value is -2.29. The van der Waals surface area contributed by atoms with Gasteiger partial charge in [0.15, 0.2) is 0 Å². The first-order valence-electron chi connectivity index (χ1n) is 8.75. The number of nitrogens with one attached hydrogen (secondary N) is 1. The smallest absolute Gasteiger partial charge is 0.226 e. The Morgan fingerprint density at radius 1 is 1.17 bits per heavy atom. The van der Waals surface area contributed by atoms with Gasteiger partial charge in [-0.2, -0.15) is 0 Å². The van der Waals surface area contributed by atoms with Gasteiger partial charge in [-0.3, -0.25) is 4.79 Å². The minimum atomic E-state index is 0.191. The Morgan fingerprint density at radius 3 is 2.50 bits per heavy atom. The number of anilines is 2. The Kier molecular flexibility index (Phi) is 4.61. The molecule has 24 heavy (non-hydrogen) atoms. The summed E-state index contributed by atoms with van der Waals surface area (Å²) in [6.45, 7) is 8.31. The molecule has 126 valence electrons. The van der Waals surface area contributed by atoms with Crippen LogP contribution >= 0.6 is 0 Å². The van der Waals surface area contributed by atoms with Gasteiger partial charge in [-0.1, -0.05) is 31.2 Å². The molecular weight excluding hydrogens is 296 g/mol. The van der Waals surface area contributed by atoms with E-state index in [4.69, 9.17) is 0 Å². The van der Waals surface area contributed by atoms with Crippen LogP contribution in [0.15, 0.2) is 42.5 Å². The lowest BCUT2D eigenvalue weighted by atomic mass is 9.91. The molecule has 0 spiro atoms. The van der Waals surface area contributed by atoms with Crippen molar-refractivity contribution in [3.8, 4) is 0 Å². The van der Waals surface area contributed by atoms with E-state index < -0.39 is 0 Å². The van der Waals surface area contributed by atoms with Gasteiger partial charge < -0.3 is 10.2 Å². The van der Waals surface area contributed by atoms with Gasteiger partial charge in [0.25, 0.3) is 0 Å². The predicted molar refractivity (Wildman–Crippen MR) is 101 cm³/mol. The van der Waals surface area contributed by atoms with Crippen LogP contribution in [0, 0.1) is 13.8 Å². The van der Waals surface area contributed by atoms with Crippen LogP contribution in [0.5, 0.6) is 0 Å². The van der Waals surface area contributed by atoms with Crippen molar-refractivity contribution in [2.24, 2.45) is 0 Å². The number of benzene rings is 2. The number of carbonyl (C=O) groups is 1. The first-order valence-corrected chi connectivity index (χ1v) is 8.75. The standard InChI is InChI=1S/C21H26N2O/c1-5-21(24)23-16(4)13-19(18-8-6-7-9-20(18)23)22-17-11-14(2)10-15(3)12-17/h6-12,16,19,22H,5,13H2,1-4H3. The zero-order valence-electron chi connectivity index (χ0n) is 15.0. The van der Waals surface area contributed by atoms with Crippen LogP contribution in [0.2, 0.25) is 0 Å². The molecule has 3 heteroatoms. The normalized spacial score (nSPS) is 19.8. The van der Waals surface area contributed by atoms with E-state index in [0.29, 0.717) is 6.42 Å². The summed E-state index contributed by atoms with van der Waals surface area (Å²) in [4.78, 5) is 14.4. The van der Waals surface area contributed by atoms with Gasteiger partial charge in [0, 0.05) is 23.8 Å². The topological polar surface area (TPSA) is 32.3 Å². The zero-order valence-corrected chi connectivity index (χ0v) is 15.0. The summed E-state index contributed by atoms with van der Waals surface area (Å²) in [6, 6.07) is 15.2. The van der Waals surface area contributed by atoms with E-state index in [-0.39, 0.29) is 18.0 Å². The molecule has 3 rings (SSSR count). The summed E-state index contributed by atoms with van der Waals surface area (Å²) in [6.07, 6.45) is 1.45. The molecule has 0 saturated heterocycles. The van der Waals surface area contributed by atoms with Crippen molar-refractivity contribution >= 4 is 17.3 Å². The number of para-hydroxylation sites is 1. The number of rotatable bonds is 3. The number of aryl methyl sites for hydroxylation is 2. The third-order valence-electron chi connectivity index (χ3n) is 4.72. The second-order valence-corrected chi connectivity index (χ2v) is 6.83. The van der Waals surface area contributed by atoms with Crippen molar-refractivity contribution in [3.05, 3.63) is 59.2 Å². The van der Waals surface area contributed by atoms with Crippen molar-refractivity contribution in [1.29, 1.82) is 0 Å². The highest BCUT2D eigenvalue weighted by Crippen LogP contribution is 2.39. The zero-order chi connectivity index (χ0) is 17.3. The number of carbonyl (C=O) groups excluding carboxylic acids is 1. The molecule has 0 radical (unpaired) electrons. The number of hydrogen-bond donors (Lipinski definition) is 1. The second-order valence-electron chi connectivity index (χ2n) is 6.83. The van der Waals surface area contributed by atoms with Crippen LogP contribution in [-0.4, -0.2) is 11.9 Å². The molecule has 0 saturated carbocycles. The van der Waals surface area contributed by atoms with Crippen molar-refractivity contribution < 1.29 is 4.79 Å². The highest BCUT2D eigenvalue weighted by Gasteiger charge is 2.32. The second kappa shape index (κ2) is 6.68. The molecule has 1 heterocycles. The summed E-state index contributed by atoms with van der Waals surface area (Å²) >= 11 is 0. The first kappa shape index (κ1) is 16.6. The Bertz CT molecular complexity index is 733. The molecule has 2 aromatic carbocycles. The van der Waals surface area contributed by atoms with Crippen molar-refractivity contribution in [2.75, 3.05) is 10.2 Å². The molecule has 0 aromatic heterocycles. The van der Waals surface area contributed by atoms with Crippen LogP contribution < -0.4 is 10.2 Å². The quantitative estimate of drug-likeness (QED) is 0.863. The van der Waals surface area contributed by atoms with Crippen LogP contribution in [0.1, 0.15) is 49.4 Å². The average molecular weight is 322 g/mol. The fourth-order valence-electron chi connectivity index (χ4n) is 3.76. The summed E-state index contributed by atoms with van der Waals surface area (Å²) in [5.41, 5.74) is 5.92. The summed E-state index contributed by atoms with van der Waals surface area (Å²) in [5, 5.41) is 3.69. The molecule has 0 bridgehead atoms. The van der Waals surface area contributed by atoms with Gasteiger partial charge in [-0.25, -0.2) is 0 Å². The van der Waals surface area contributed by atoms with Gasteiger partial charge in [0.2, 0.25) is 5.91 Å².